The Labute approximate surface area is 133 Å². The summed E-state index contributed by atoms with van der Waals surface area (Å²) in [6.45, 7) is 3.89. The Morgan fingerprint density at radius 2 is 2.13 bits per heavy atom. The minimum absolute atomic E-state index is 0.0989. The highest BCUT2D eigenvalue weighted by Gasteiger charge is 2.09. The predicted molar refractivity (Wildman–Crippen MR) is 88.7 cm³/mol. The van der Waals surface area contributed by atoms with E-state index in [1.807, 2.05) is 38.1 Å². The van der Waals surface area contributed by atoms with Gasteiger partial charge < -0.3 is 10.1 Å². The molecule has 3 rings (SSSR count). The number of carbonyl (C=O) groups is 1. The predicted octanol–water partition coefficient (Wildman–Crippen LogP) is 2.76. The van der Waals surface area contributed by atoms with E-state index in [1.165, 1.54) is 0 Å². The number of hydrogen-bond acceptors (Lipinski definition) is 4. The summed E-state index contributed by atoms with van der Waals surface area (Å²) in [4.78, 5) is 16.4. The summed E-state index contributed by atoms with van der Waals surface area (Å²) < 4.78 is 5.29. The Morgan fingerprint density at radius 1 is 1.30 bits per heavy atom. The molecule has 0 saturated heterocycles. The van der Waals surface area contributed by atoms with Gasteiger partial charge in [0.05, 0.1) is 25.4 Å². The van der Waals surface area contributed by atoms with Crippen LogP contribution in [0.4, 0.5) is 5.69 Å². The largest absolute Gasteiger partial charge is 0.496 e. The number of anilines is 1. The average molecular weight is 310 g/mol. The molecule has 118 valence electrons. The Kier molecular flexibility index (Phi) is 3.97. The average Bonchev–Trinajstić information content (AvgIpc) is 2.90. The summed E-state index contributed by atoms with van der Waals surface area (Å²) in [6, 6.07) is 7.63. The molecule has 2 heterocycles. The quantitative estimate of drug-likeness (QED) is 0.776. The smallest absolute Gasteiger partial charge is 0.228 e. The van der Waals surface area contributed by atoms with Gasteiger partial charge in [0, 0.05) is 11.1 Å². The van der Waals surface area contributed by atoms with Crippen LogP contribution in [0.2, 0.25) is 0 Å². The number of hydrogen-bond donors (Lipinski definition) is 2. The van der Waals surface area contributed by atoms with Crippen LogP contribution in [0.5, 0.6) is 5.75 Å². The standard InChI is InChI=1S/C17H18N4O2/c1-10-4-5-12(6-15(10)23-3)7-16(22)19-13-8-14-11(2)20-21-17(14)18-9-13/h4-6,8-9H,7H2,1-3H3,(H,19,22)(H,18,20,21). The lowest BCUT2D eigenvalue weighted by atomic mass is 10.1. The lowest BCUT2D eigenvalue weighted by Crippen LogP contribution is -2.14. The van der Waals surface area contributed by atoms with Crippen LogP contribution in [0.15, 0.2) is 30.5 Å². The van der Waals surface area contributed by atoms with Crippen LogP contribution in [0.25, 0.3) is 11.0 Å². The normalized spacial score (nSPS) is 10.7. The molecule has 6 nitrogen and oxygen atoms in total. The van der Waals surface area contributed by atoms with Gasteiger partial charge in [0.1, 0.15) is 5.75 Å². The van der Waals surface area contributed by atoms with Crippen molar-refractivity contribution >= 4 is 22.6 Å². The Morgan fingerprint density at radius 3 is 2.91 bits per heavy atom. The molecular formula is C17H18N4O2. The summed E-state index contributed by atoms with van der Waals surface area (Å²) in [5.41, 5.74) is 4.17. The van der Waals surface area contributed by atoms with Crippen molar-refractivity contribution in [2.75, 3.05) is 12.4 Å². The van der Waals surface area contributed by atoms with Crippen molar-refractivity contribution in [2.24, 2.45) is 0 Å². The first-order chi connectivity index (χ1) is 11.1. The molecule has 1 aromatic carbocycles. The fourth-order valence-corrected chi connectivity index (χ4v) is 2.45. The van der Waals surface area contributed by atoms with Crippen molar-refractivity contribution < 1.29 is 9.53 Å². The molecule has 0 bridgehead atoms. The van der Waals surface area contributed by atoms with Crippen molar-refractivity contribution in [3.63, 3.8) is 0 Å². The van der Waals surface area contributed by atoms with E-state index in [4.69, 9.17) is 4.74 Å². The number of nitrogens with one attached hydrogen (secondary N) is 2. The van der Waals surface area contributed by atoms with E-state index in [0.29, 0.717) is 11.3 Å². The number of benzene rings is 1. The molecule has 0 aliphatic heterocycles. The first kappa shape index (κ1) is 15.0. The fourth-order valence-electron chi connectivity index (χ4n) is 2.45. The highest BCUT2D eigenvalue weighted by Crippen LogP contribution is 2.20. The number of ether oxygens (including phenoxy) is 1. The summed E-state index contributed by atoms with van der Waals surface area (Å²) in [6.07, 6.45) is 1.88. The molecule has 0 radical (unpaired) electrons. The molecule has 23 heavy (non-hydrogen) atoms. The summed E-state index contributed by atoms with van der Waals surface area (Å²) >= 11 is 0. The van der Waals surface area contributed by atoms with E-state index >= 15 is 0 Å². The Bertz CT molecular complexity index is 870. The molecule has 0 spiro atoms. The maximum absolute atomic E-state index is 12.2. The molecule has 3 aromatic rings. The molecule has 2 aromatic heterocycles. The van der Waals surface area contributed by atoms with Gasteiger partial charge in [0.2, 0.25) is 5.91 Å². The number of pyridine rings is 1. The number of carbonyl (C=O) groups excluding carboxylic acids is 1. The van der Waals surface area contributed by atoms with Gasteiger partial charge in [-0.05, 0) is 37.1 Å². The fraction of sp³-hybridized carbons (Fsp3) is 0.235. The molecule has 2 N–H and O–H groups in total. The van der Waals surface area contributed by atoms with E-state index < -0.39 is 0 Å². The number of H-pyrrole nitrogens is 1. The summed E-state index contributed by atoms with van der Waals surface area (Å²) in [7, 11) is 1.63. The Hall–Kier alpha value is -2.89. The number of rotatable bonds is 4. The minimum Gasteiger partial charge on any atom is -0.496 e. The number of methoxy groups -OCH3 is 1. The van der Waals surface area contributed by atoms with E-state index in [-0.39, 0.29) is 12.3 Å². The van der Waals surface area contributed by atoms with Crippen molar-refractivity contribution in [3.05, 3.63) is 47.3 Å². The lowest BCUT2D eigenvalue weighted by molar-refractivity contribution is -0.115. The summed E-state index contributed by atoms with van der Waals surface area (Å²) in [5, 5.41) is 10.7. The van der Waals surface area contributed by atoms with Gasteiger partial charge in [-0.2, -0.15) is 5.10 Å². The summed E-state index contributed by atoms with van der Waals surface area (Å²) in [5.74, 6) is 0.686. The molecule has 0 unspecified atom stereocenters. The van der Waals surface area contributed by atoms with E-state index in [2.05, 4.69) is 20.5 Å². The van der Waals surface area contributed by atoms with Crippen LogP contribution < -0.4 is 10.1 Å². The second-order valence-electron chi connectivity index (χ2n) is 5.47. The monoisotopic (exact) mass is 310 g/mol. The van der Waals surface area contributed by atoms with Gasteiger partial charge in [0.25, 0.3) is 0 Å². The van der Waals surface area contributed by atoms with Crippen LogP contribution in [-0.2, 0) is 11.2 Å². The van der Waals surface area contributed by atoms with Gasteiger partial charge >= 0.3 is 0 Å². The molecule has 0 aliphatic carbocycles. The molecule has 0 saturated carbocycles. The van der Waals surface area contributed by atoms with Crippen LogP contribution >= 0.6 is 0 Å². The van der Waals surface area contributed by atoms with Crippen molar-refractivity contribution in [1.29, 1.82) is 0 Å². The van der Waals surface area contributed by atoms with E-state index in [0.717, 1.165) is 28.0 Å². The minimum atomic E-state index is -0.0989. The zero-order valence-electron chi connectivity index (χ0n) is 13.3. The number of nitrogens with zero attached hydrogens (tertiary/aromatic N) is 2. The number of aromatic amines is 1. The van der Waals surface area contributed by atoms with Gasteiger partial charge in [-0.25, -0.2) is 4.98 Å². The number of aryl methyl sites for hydroxylation is 2. The van der Waals surface area contributed by atoms with Crippen LogP contribution in [-0.4, -0.2) is 28.2 Å². The zero-order chi connectivity index (χ0) is 16.4. The van der Waals surface area contributed by atoms with Crippen molar-refractivity contribution in [2.45, 2.75) is 20.3 Å². The molecule has 6 heteroatoms. The van der Waals surface area contributed by atoms with Crippen molar-refractivity contribution in [3.8, 4) is 5.75 Å². The number of fused-ring (bicyclic) bond motifs is 1. The second kappa shape index (κ2) is 6.08. The molecular weight excluding hydrogens is 292 g/mol. The number of aromatic nitrogens is 3. The first-order valence-corrected chi connectivity index (χ1v) is 7.31. The molecule has 0 aliphatic rings. The maximum atomic E-state index is 12.2. The van der Waals surface area contributed by atoms with Gasteiger partial charge in [-0.1, -0.05) is 12.1 Å². The Balaban J connectivity index is 1.74. The zero-order valence-corrected chi connectivity index (χ0v) is 13.3. The topological polar surface area (TPSA) is 79.9 Å². The third-order valence-electron chi connectivity index (χ3n) is 3.72. The second-order valence-corrected chi connectivity index (χ2v) is 5.47. The molecule has 0 atom stereocenters. The third kappa shape index (κ3) is 3.15. The van der Waals surface area contributed by atoms with E-state index in [1.54, 1.807) is 13.3 Å². The van der Waals surface area contributed by atoms with Gasteiger partial charge in [0.15, 0.2) is 5.65 Å². The number of amides is 1. The molecule has 0 fully saturated rings. The van der Waals surface area contributed by atoms with Crippen LogP contribution in [0.1, 0.15) is 16.8 Å². The molecule has 1 amide bonds. The SMILES string of the molecule is COc1cc(CC(=O)Nc2cnc3n[nH]c(C)c3c2)ccc1C. The third-order valence-corrected chi connectivity index (χ3v) is 3.72. The maximum Gasteiger partial charge on any atom is 0.228 e. The lowest BCUT2D eigenvalue weighted by Gasteiger charge is -2.08. The van der Waals surface area contributed by atoms with Crippen molar-refractivity contribution in [1.82, 2.24) is 15.2 Å². The first-order valence-electron chi connectivity index (χ1n) is 7.31. The highest BCUT2D eigenvalue weighted by atomic mass is 16.5. The van der Waals surface area contributed by atoms with Gasteiger partial charge in [-0.3, -0.25) is 9.89 Å². The van der Waals surface area contributed by atoms with Crippen LogP contribution in [0, 0.1) is 13.8 Å². The van der Waals surface area contributed by atoms with Gasteiger partial charge in [-0.15, -0.1) is 0 Å². The van der Waals surface area contributed by atoms with E-state index in [9.17, 15) is 4.79 Å². The highest BCUT2D eigenvalue weighted by molar-refractivity contribution is 5.94. The van der Waals surface area contributed by atoms with Crippen LogP contribution in [0.3, 0.4) is 0 Å².